The maximum absolute atomic E-state index is 13.5. The molecule has 4 amide bonds. The van der Waals surface area contributed by atoms with Crippen LogP contribution < -0.4 is 59.5 Å². The number of anilines is 6. The van der Waals surface area contributed by atoms with Gasteiger partial charge in [0.05, 0.1) is 52.5 Å². The number of hydrogen-bond acceptors (Lipinski definition) is 28. The number of methoxy groups -OCH3 is 6. The monoisotopic (exact) mass is 1570 g/mol. The Morgan fingerprint density at radius 1 is 0.464 bits per heavy atom. The Labute approximate surface area is 653 Å². The summed E-state index contributed by atoms with van der Waals surface area (Å²) in [5, 5.41) is 34.7. The number of amides is 4. The molecule has 0 bridgehead atoms. The molecule has 4 aromatic heterocycles. The van der Waals surface area contributed by atoms with Crippen LogP contribution in [0, 0.1) is 29.6 Å². The lowest BCUT2D eigenvalue weighted by Gasteiger charge is -2.21. The zero-order valence-corrected chi connectivity index (χ0v) is 65.1. The van der Waals surface area contributed by atoms with Gasteiger partial charge in [-0.3, -0.25) is 41.5 Å². The highest BCUT2D eigenvalue weighted by molar-refractivity contribution is 7.71. The van der Waals surface area contributed by atoms with E-state index in [1.54, 1.807) is 86.6 Å². The molecule has 0 radical (unpaired) electrons. The molecule has 0 aliphatic carbocycles. The van der Waals surface area contributed by atoms with Gasteiger partial charge < -0.3 is 66.0 Å². The molecule has 6 aromatic carbocycles. The second-order valence-corrected chi connectivity index (χ2v) is 25.5. The van der Waals surface area contributed by atoms with Crippen LogP contribution in [0.1, 0.15) is 97.9 Å². The molecule has 2 unspecified atom stereocenters. The summed E-state index contributed by atoms with van der Waals surface area (Å²) in [6.07, 6.45) is -0.291. The molecule has 10 rings (SSSR count). The fourth-order valence-electron chi connectivity index (χ4n) is 12.1. The fraction of sp³-hybridized carbons (Fsp3) is 0.308. The van der Waals surface area contributed by atoms with Crippen molar-refractivity contribution in [2.75, 3.05) is 113 Å². The summed E-state index contributed by atoms with van der Waals surface area (Å²) in [6.45, 7) is 14.3. The Hall–Kier alpha value is -13.0. The molecule has 588 valence electrons. The third-order valence-corrected chi connectivity index (χ3v) is 18.1. The first-order chi connectivity index (χ1) is 53.9. The maximum atomic E-state index is 13.5. The standard InChI is InChI=1S/C44H48N6O9S2.C34H36N6O11/c1-8-49(9-2)30-12-14-32-28(19-38(60)58-34(32)21-30)24-56-43(51)47-41-27(16-26-17-36(53-5)40(55-7)37(18-26)54-6)23-45-42(46-41)48-44(52)57-25-29-20-39(61)59-35-22-31(13-15-33(29)35)50(10-3)11-4;1-20(24-10-6-8-12-26(24)39(43)44)18-50-33(41)37-31-23(14-22-15-28(47-3)30(49-5)29(16-22)48-4)17-35-32(36-31)38-34(42)51-19-21(2)25-11-7-9-13-27(25)40(45)46/h12-15,17-23H,8-11,16,24-25H2,1-7H3,(H2,45,46,47,48,51,52);6-13,15-17,20-21H,14,18-19H2,1-5H3,(H2,35,36,37,38,41,42). The van der Waals surface area contributed by atoms with Crippen molar-refractivity contribution >= 4 is 117 Å². The van der Waals surface area contributed by atoms with Crippen molar-refractivity contribution in [3.8, 4) is 34.5 Å². The summed E-state index contributed by atoms with van der Waals surface area (Å²) in [7, 11) is 8.97. The molecule has 0 saturated heterocycles. The van der Waals surface area contributed by atoms with Gasteiger partial charge in [0.1, 0.15) is 49.2 Å². The molecule has 112 heavy (non-hydrogen) atoms. The number of hydrogen-bond donors (Lipinski definition) is 4. The van der Waals surface area contributed by atoms with Gasteiger partial charge in [-0.25, -0.2) is 29.1 Å². The van der Waals surface area contributed by atoms with E-state index >= 15 is 0 Å². The number of aromatic nitrogens is 4. The predicted molar refractivity (Wildman–Crippen MR) is 424 cm³/mol. The van der Waals surface area contributed by atoms with Gasteiger partial charge in [-0.1, -0.05) is 50.2 Å². The first-order valence-corrected chi connectivity index (χ1v) is 35.9. The molecule has 32 nitrogen and oxygen atoms in total. The van der Waals surface area contributed by atoms with Crippen molar-refractivity contribution in [3.05, 3.63) is 208 Å². The third-order valence-electron chi connectivity index (χ3n) is 17.7. The summed E-state index contributed by atoms with van der Waals surface area (Å²) in [6, 6.07) is 34.2. The van der Waals surface area contributed by atoms with E-state index in [1.165, 1.54) is 67.2 Å². The average Bonchev–Trinajstić information content (AvgIpc) is 0.805. The molecule has 0 aliphatic rings. The molecule has 0 saturated carbocycles. The van der Waals surface area contributed by atoms with Gasteiger partial charge >= 0.3 is 24.4 Å². The van der Waals surface area contributed by atoms with Gasteiger partial charge in [-0.05, 0) is 124 Å². The highest BCUT2D eigenvalue weighted by atomic mass is 32.1. The number of nitro groups is 2. The summed E-state index contributed by atoms with van der Waals surface area (Å²) in [5.74, 6) is 1.11. The van der Waals surface area contributed by atoms with Gasteiger partial charge in [-0.15, -0.1) is 0 Å². The smallest absolute Gasteiger partial charge is 0.414 e. The second kappa shape index (κ2) is 39.4. The summed E-state index contributed by atoms with van der Waals surface area (Å²) in [5.41, 5.74) is 7.30. The topological polar surface area (TPSA) is 379 Å². The Balaban J connectivity index is 0.000000262. The summed E-state index contributed by atoms with van der Waals surface area (Å²) in [4.78, 5) is 96.1. The summed E-state index contributed by atoms with van der Waals surface area (Å²) < 4.78 is 67.1. The molecule has 10 aromatic rings. The molecule has 0 spiro atoms. The zero-order chi connectivity index (χ0) is 80.7. The van der Waals surface area contributed by atoms with Crippen LogP contribution in [-0.2, 0) is 45.0 Å². The Morgan fingerprint density at radius 3 is 1.16 bits per heavy atom. The van der Waals surface area contributed by atoms with Crippen LogP contribution in [0.4, 0.5) is 65.5 Å². The molecule has 34 heteroatoms. The molecule has 4 heterocycles. The van der Waals surface area contributed by atoms with Crippen LogP contribution in [-0.4, -0.2) is 136 Å². The Bertz CT molecular complexity index is 5150. The van der Waals surface area contributed by atoms with E-state index in [1.807, 2.05) is 36.4 Å². The van der Waals surface area contributed by atoms with E-state index in [0.29, 0.717) is 84.6 Å². The van der Waals surface area contributed by atoms with Gasteiger partial charge in [0, 0.05) is 143 Å². The van der Waals surface area contributed by atoms with E-state index in [2.05, 4.69) is 78.7 Å². The minimum atomic E-state index is -0.940. The largest absolute Gasteiger partial charge is 0.493 e. The van der Waals surface area contributed by atoms with Crippen molar-refractivity contribution in [1.82, 2.24) is 19.9 Å². The number of nitrogens with one attached hydrogen (secondary N) is 4. The van der Waals surface area contributed by atoms with Crippen LogP contribution in [0.2, 0.25) is 0 Å². The van der Waals surface area contributed by atoms with Gasteiger partial charge in [0.2, 0.25) is 23.4 Å². The zero-order valence-electron chi connectivity index (χ0n) is 63.5. The number of benzene rings is 6. The van der Waals surface area contributed by atoms with Crippen molar-refractivity contribution in [3.63, 3.8) is 0 Å². The van der Waals surface area contributed by atoms with E-state index in [-0.39, 0.29) is 83.6 Å². The minimum absolute atomic E-state index is 0.0225. The van der Waals surface area contributed by atoms with Crippen molar-refractivity contribution < 1.29 is 85.2 Å². The van der Waals surface area contributed by atoms with Gasteiger partial charge in [-0.2, -0.15) is 9.97 Å². The van der Waals surface area contributed by atoms with Crippen molar-refractivity contribution in [2.24, 2.45) is 0 Å². The summed E-state index contributed by atoms with van der Waals surface area (Å²) >= 11 is 10.8. The van der Waals surface area contributed by atoms with Gasteiger partial charge in [0.25, 0.3) is 11.4 Å². The SMILES string of the molecule is CCN(CC)c1ccc2c(COC(=O)Nc3ncc(Cc4cc(OC)c(OC)c(OC)c4)c(NC(=O)OCc4cc(=S)oc5cc(N(CC)CC)ccc45)n3)cc(=S)oc2c1.COc1cc(Cc2cnc(NC(=O)OCC(C)c3ccccc3[N+](=O)[O-])nc2NC(=O)OCC(C)c2ccccc2[N+](=O)[O-])cc(OC)c1OC. The van der Waals surface area contributed by atoms with Crippen LogP contribution in [0.5, 0.6) is 34.5 Å². The lowest BCUT2D eigenvalue weighted by molar-refractivity contribution is -0.385. The van der Waals surface area contributed by atoms with Gasteiger partial charge in [0.15, 0.2) is 32.4 Å². The molecule has 4 N–H and O–H groups in total. The molecule has 2 atom stereocenters. The number of rotatable bonds is 32. The highest BCUT2D eigenvalue weighted by Gasteiger charge is 2.26. The minimum Gasteiger partial charge on any atom is -0.493 e. The quantitative estimate of drug-likeness (QED) is 0.0132. The number of nitrogens with zero attached hydrogens (tertiary/aromatic N) is 8. The van der Waals surface area contributed by atoms with E-state index in [4.69, 9.17) is 80.6 Å². The van der Waals surface area contributed by atoms with Crippen LogP contribution in [0.3, 0.4) is 0 Å². The molecule has 0 fully saturated rings. The van der Waals surface area contributed by atoms with Crippen LogP contribution in [0.15, 0.2) is 143 Å². The number of carbonyl (C=O) groups excluding carboxylic acids is 4. The van der Waals surface area contributed by atoms with E-state index in [0.717, 1.165) is 53.9 Å². The van der Waals surface area contributed by atoms with Crippen molar-refractivity contribution in [1.29, 1.82) is 0 Å². The first kappa shape index (κ1) is 83.1. The lowest BCUT2D eigenvalue weighted by atomic mass is 10.0. The van der Waals surface area contributed by atoms with Crippen LogP contribution in [0.25, 0.3) is 21.9 Å². The normalized spacial score (nSPS) is 11.3. The number of nitro benzene ring substituents is 2. The number of carbonyl (C=O) groups is 4. The van der Waals surface area contributed by atoms with E-state index in [9.17, 15) is 39.4 Å². The van der Waals surface area contributed by atoms with Crippen molar-refractivity contribution in [2.45, 2.75) is 79.4 Å². The molecular weight excluding hydrogens is 1490 g/mol. The second-order valence-electron chi connectivity index (χ2n) is 24.7. The molecular formula is C78H84N12O20S2. The first-order valence-electron chi connectivity index (χ1n) is 35.1. The van der Waals surface area contributed by atoms with E-state index < -0.39 is 46.1 Å². The lowest BCUT2D eigenvalue weighted by Crippen LogP contribution is -2.21. The Morgan fingerprint density at radius 2 is 0.812 bits per heavy atom. The average molecular weight is 1570 g/mol. The molecule has 0 aliphatic heterocycles. The number of para-hydroxylation sites is 2. The Kier molecular flexibility index (Phi) is 29.2. The third kappa shape index (κ3) is 21.3. The van der Waals surface area contributed by atoms with Crippen LogP contribution >= 0.6 is 24.4 Å². The maximum Gasteiger partial charge on any atom is 0.414 e. The fourth-order valence-corrected chi connectivity index (χ4v) is 12.6. The highest BCUT2D eigenvalue weighted by Crippen LogP contribution is 2.41. The number of ether oxygens (including phenoxy) is 10. The number of fused-ring (bicyclic) bond motifs is 2. The predicted octanol–water partition coefficient (Wildman–Crippen LogP) is 16.8.